The standard InChI is InChI=1S/C26H26N2O2/c29-25(21-12-13-21)27-23-16-14-22(15-17-23)26(30)28-24(20-9-5-2-6-10-20)18-11-19-7-3-1-4-8-19/h1-10,14-17,21,24H,11-13,18H2,(H,27,29)(H,28,30). The molecule has 4 rings (SSSR count). The second-order valence-corrected chi connectivity index (χ2v) is 7.80. The minimum absolute atomic E-state index is 0.0669. The van der Waals surface area contributed by atoms with Gasteiger partial charge in [-0.25, -0.2) is 0 Å². The first-order valence-corrected chi connectivity index (χ1v) is 10.5. The summed E-state index contributed by atoms with van der Waals surface area (Å²) in [5.74, 6) is 0.110. The molecule has 1 fully saturated rings. The molecule has 4 nitrogen and oxygen atoms in total. The summed E-state index contributed by atoms with van der Waals surface area (Å²) >= 11 is 0. The Balaban J connectivity index is 1.42. The van der Waals surface area contributed by atoms with Crippen LogP contribution in [0.1, 0.15) is 46.8 Å². The van der Waals surface area contributed by atoms with Gasteiger partial charge in [-0.2, -0.15) is 0 Å². The van der Waals surface area contributed by atoms with Crippen molar-refractivity contribution >= 4 is 17.5 Å². The van der Waals surface area contributed by atoms with Crippen molar-refractivity contribution in [2.45, 2.75) is 31.7 Å². The van der Waals surface area contributed by atoms with E-state index in [4.69, 9.17) is 0 Å². The van der Waals surface area contributed by atoms with Crippen LogP contribution in [0.3, 0.4) is 0 Å². The smallest absolute Gasteiger partial charge is 0.251 e. The fraction of sp³-hybridized carbons (Fsp3) is 0.231. The first kappa shape index (κ1) is 19.9. The second kappa shape index (κ2) is 9.40. The Morgan fingerprint density at radius 3 is 2.10 bits per heavy atom. The summed E-state index contributed by atoms with van der Waals surface area (Å²) < 4.78 is 0. The number of amides is 2. The maximum absolute atomic E-state index is 12.9. The Labute approximate surface area is 177 Å². The van der Waals surface area contributed by atoms with E-state index in [-0.39, 0.29) is 23.8 Å². The normalized spacial score (nSPS) is 14.0. The van der Waals surface area contributed by atoms with Crippen molar-refractivity contribution in [3.05, 3.63) is 102 Å². The van der Waals surface area contributed by atoms with Gasteiger partial charge in [-0.3, -0.25) is 9.59 Å². The lowest BCUT2D eigenvalue weighted by molar-refractivity contribution is -0.117. The third-order valence-corrected chi connectivity index (χ3v) is 5.43. The maximum Gasteiger partial charge on any atom is 0.251 e. The summed E-state index contributed by atoms with van der Waals surface area (Å²) in [4.78, 5) is 24.8. The molecular weight excluding hydrogens is 372 g/mol. The fourth-order valence-corrected chi connectivity index (χ4v) is 3.50. The Morgan fingerprint density at radius 1 is 0.833 bits per heavy atom. The van der Waals surface area contributed by atoms with Gasteiger partial charge >= 0.3 is 0 Å². The van der Waals surface area contributed by atoms with Gasteiger partial charge in [0.25, 0.3) is 5.91 Å². The molecule has 0 bridgehead atoms. The van der Waals surface area contributed by atoms with Crippen LogP contribution in [-0.4, -0.2) is 11.8 Å². The molecule has 2 N–H and O–H groups in total. The zero-order valence-corrected chi connectivity index (χ0v) is 16.9. The van der Waals surface area contributed by atoms with E-state index in [9.17, 15) is 9.59 Å². The van der Waals surface area contributed by atoms with Crippen LogP contribution in [0, 0.1) is 5.92 Å². The molecule has 1 saturated carbocycles. The first-order valence-electron chi connectivity index (χ1n) is 10.5. The molecule has 0 aliphatic heterocycles. The van der Waals surface area contributed by atoms with E-state index in [1.165, 1.54) is 5.56 Å². The van der Waals surface area contributed by atoms with E-state index in [1.807, 2.05) is 48.5 Å². The number of carbonyl (C=O) groups excluding carboxylic acids is 2. The summed E-state index contributed by atoms with van der Waals surface area (Å²) in [7, 11) is 0. The topological polar surface area (TPSA) is 58.2 Å². The van der Waals surface area contributed by atoms with E-state index < -0.39 is 0 Å². The van der Waals surface area contributed by atoms with Gasteiger partial charge in [-0.05, 0) is 61.1 Å². The highest BCUT2D eigenvalue weighted by molar-refractivity contribution is 5.97. The number of carbonyl (C=O) groups is 2. The van der Waals surface area contributed by atoms with Gasteiger partial charge in [0.1, 0.15) is 0 Å². The van der Waals surface area contributed by atoms with Crippen molar-refractivity contribution in [1.29, 1.82) is 0 Å². The Hall–Kier alpha value is -3.40. The van der Waals surface area contributed by atoms with Crippen LogP contribution in [0.4, 0.5) is 5.69 Å². The zero-order chi connectivity index (χ0) is 20.8. The van der Waals surface area contributed by atoms with Crippen LogP contribution in [0.5, 0.6) is 0 Å². The molecule has 152 valence electrons. The lowest BCUT2D eigenvalue weighted by Crippen LogP contribution is -2.29. The van der Waals surface area contributed by atoms with Crippen LogP contribution in [0.2, 0.25) is 0 Å². The van der Waals surface area contributed by atoms with E-state index in [0.29, 0.717) is 5.56 Å². The molecule has 1 atom stereocenters. The molecular formula is C26H26N2O2. The third kappa shape index (κ3) is 5.35. The quantitative estimate of drug-likeness (QED) is 0.552. The van der Waals surface area contributed by atoms with Gasteiger partial charge in [0.2, 0.25) is 5.91 Å². The fourth-order valence-electron chi connectivity index (χ4n) is 3.50. The van der Waals surface area contributed by atoms with Gasteiger partial charge in [0.15, 0.2) is 0 Å². The highest BCUT2D eigenvalue weighted by Crippen LogP contribution is 2.30. The molecule has 1 aliphatic carbocycles. The van der Waals surface area contributed by atoms with E-state index >= 15 is 0 Å². The summed E-state index contributed by atoms with van der Waals surface area (Å²) in [6.45, 7) is 0. The number of benzene rings is 3. The van der Waals surface area contributed by atoms with Gasteiger partial charge in [0.05, 0.1) is 6.04 Å². The van der Waals surface area contributed by atoms with Crippen molar-refractivity contribution in [3.8, 4) is 0 Å². The highest BCUT2D eigenvalue weighted by atomic mass is 16.2. The number of aryl methyl sites for hydroxylation is 1. The molecule has 3 aromatic carbocycles. The van der Waals surface area contributed by atoms with Crippen LogP contribution in [0.25, 0.3) is 0 Å². The molecule has 0 heterocycles. The molecule has 0 aromatic heterocycles. The lowest BCUT2D eigenvalue weighted by atomic mass is 9.98. The highest BCUT2D eigenvalue weighted by Gasteiger charge is 2.29. The summed E-state index contributed by atoms with van der Waals surface area (Å²) in [6.07, 6.45) is 3.63. The molecule has 2 amide bonds. The van der Waals surface area contributed by atoms with Crippen molar-refractivity contribution in [3.63, 3.8) is 0 Å². The zero-order valence-electron chi connectivity index (χ0n) is 16.9. The number of hydrogen-bond acceptors (Lipinski definition) is 2. The second-order valence-electron chi connectivity index (χ2n) is 7.80. The molecule has 0 radical (unpaired) electrons. The Kier molecular flexibility index (Phi) is 6.23. The van der Waals surface area contributed by atoms with E-state index in [0.717, 1.165) is 36.9 Å². The summed E-state index contributed by atoms with van der Waals surface area (Å²) in [5, 5.41) is 6.09. The summed E-state index contributed by atoms with van der Waals surface area (Å²) in [6, 6.07) is 27.4. The maximum atomic E-state index is 12.9. The van der Waals surface area contributed by atoms with Crippen LogP contribution >= 0.6 is 0 Å². The molecule has 0 saturated heterocycles. The molecule has 4 heteroatoms. The number of rotatable bonds is 8. The third-order valence-electron chi connectivity index (χ3n) is 5.43. The SMILES string of the molecule is O=C(NC(CCc1ccccc1)c1ccccc1)c1ccc(NC(=O)C2CC2)cc1. The predicted octanol–water partition coefficient (Wildman–Crippen LogP) is 5.14. The number of nitrogens with one attached hydrogen (secondary N) is 2. The van der Waals surface area contributed by atoms with Gasteiger partial charge in [0, 0.05) is 17.2 Å². The predicted molar refractivity (Wildman–Crippen MR) is 119 cm³/mol. The number of hydrogen-bond donors (Lipinski definition) is 2. The van der Waals surface area contributed by atoms with E-state index in [2.05, 4.69) is 22.8 Å². The monoisotopic (exact) mass is 398 g/mol. The van der Waals surface area contributed by atoms with Gasteiger partial charge < -0.3 is 10.6 Å². The van der Waals surface area contributed by atoms with Gasteiger partial charge in [-0.15, -0.1) is 0 Å². The van der Waals surface area contributed by atoms with Crippen LogP contribution in [-0.2, 0) is 11.2 Å². The first-order chi connectivity index (χ1) is 14.7. The van der Waals surface area contributed by atoms with Gasteiger partial charge in [-0.1, -0.05) is 60.7 Å². The molecule has 30 heavy (non-hydrogen) atoms. The summed E-state index contributed by atoms with van der Waals surface area (Å²) in [5.41, 5.74) is 3.66. The van der Waals surface area contributed by atoms with Crippen molar-refractivity contribution in [2.24, 2.45) is 5.92 Å². The minimum atomic E-state index is -0.114. The van der Waals surface area contributed by atoms with Crippen molar-refractivity contribution < 1.29 is 9.59 Å². The molecule has 0 spiro atoms. The Bertz CT molecular complexity index is 981. The average Bonchev–Trinajstić information content (AvgIpc) is 3.64. The van der Waals surface area contributed by atoms with Crippen LogP contribution < -0.4 is 10.6 Å². The number of anilines is 1. The van der Waals surface area contributed by atoms with Crippen LogP contribution in [0.15, 0.2) is 84.9 Å². The molecule has 1 aliphatic rings. The van der Waals surface area contributed by atoms with E-state index in [1.54, 1.807) is 24.3 Å². The molecule has 3 aromatic rings. The van der Waals surface area contributed by atoms with Crippen molar-refractivity contribution in [1.82, 2.24) is 5.32 Å². The minimum Gasteiger partial charge on any atom is -0.345 e. The molecule has 1 unspecified atom stereocenters. The average molecular weight is 399 g/mol. The Morgan fingerprint density at radius 2 is 1.47 bits per heavy atom. The van der Waals surface area contributed by atoms with Crippen molar-refractivity contribution in [2.75, 3.05) is 5.32 Å². The lowest BCUT2D eigenvalue weighted by Gasteiger charge is -2.20. The largest absolute Gasteiger partial charge is 0.345 e.